The molecule has 0 spiro atoms. The quantitative estimate of drug-likeness (QED) is 0.871. The van der Waals surface area contributed by atoms with E-state index in [1.54, 1.807) is 6.07 Å². The number of hydrogen-bond donors (Lipinski definition) is 1. The van der Waals surface area contributed by atoms with Crippen molar-refractivity contribution in [2.45, 2.75) is 33.2 Å². The van der Waals surface area contributed by atoms with Gasteiger partial charge >= 0.3 is 0 Å². The lowest BCUT2D eigenvalue weighted by molar-refractivity contribution is 0.0740. The number of benzene rings is 1. The first-order valence-corrected chi connectivity index (χ1v) is 9.53. The summed E-state index contributed by atoms with van der Waals surface area (Å²) >= 11 is 6.09. The van der Waals surface area contributed by atoms with Crippen LogP contribution in [0.15, 0.2) is 30.3 Å². The molecule has 1 N–H and O–H groups in total. The number of aryl methyl sites for hydroxylation is 1. The molecule has 2 heterocycles. The Balaban J connectivity index is 1.69. The van der Waals surface area contributed by atoms with E-state index in [0.717, 1.165) is 23.8 Å². The van der Waals surface area contributed by atoms with Gasteiger partial charge in [0, 0.05) is 48.5 Å². The van der Waals surface area contributed by atoms with Crippen molar-refractivity contribution in [1.82, 2.24) is 14.9 Å². The molecule has 0 atom stereocenters. The predicted molar refractivity (Wildman–Crippen MR) is 110 cm³/mol. The van der Waals surface area contributed by atoms with E-state index in [1.165, 1.54) is 0 Å². The van der Waals surface area contributed by atoms with Gasteiger partial charge in [-0.2, -0.15) is 0 Å². The average molecular weight is 388 g/mol. The maximum atomic E-state index is 12.9. The van der Waals surface area contributed by atoms with E-state index >= 15 is 0 Å². The van der Waals surface area contributed by atoms with Crippen molar-refractivity contribution in [3.8, 4) is 0 Å². The number of nitrogens with one attached hydrogen (secondary N) is 1. The number of carbonyl (C=O) groups excluding carboxylic acids is 1. The standard InChI is InChI=1S/C20H26ClN5O/c1-14-22-17(13-18(23-14)24-20(2,3)4)19(27)26-10-8-25(9-11-26)16-7-5-6-15(21)12-16/h5-7,12-13H,8-11H2,1-4H3,(H,22,23,24). The first kappa shape index (κ1) is 19.4. The Bertz CT molecular complexity index is 825. The van der Waals surface area contributed by atoms with Crippen LogP contribution in [0.4, 0.5) is 11.5 Å². The molecular formula is C20H26ClN5O. The topological polar surface area (TPSA) is 61.4 Å². The van der Waals surface area contributed by atoms with Gasteiger partial charge in [-0.25, -0.2) is 9.97 Å². The van der Waals surface area contributed by atoms with E-state index in [4.69, 9.17) is 11.6 Å². The zero-order valence-electron chi connectivity index (χ0n) is 16.3. The molecule has 0 bridgehead atoms. The van der Waals surface area contributed by atoms with Gasteiger partial charge in [0.05, 0.1) is 0 Å². The molecule has 3 rings (SSSR count). The van der Waals surface area contributed by atoms with Crippen molar-refractivity contribution in [3.63, 3.8) is 0 Å². The number of aromatic nitrogens is 2. The lowest BCUT2D eigenvalue weighted by Gasteiger charge is -2.36. The van der Waals surface area contributed by atoms with Gasteiger partial charge in [-0.15, -0.1) is 0 Å². The molecule has 1 aromatic carbocycles. The molecule has 144 valence electrons. The number of halogens is 1. The number of amides is 1. The van der Waals surface area contributed by atoms with E-state index in [-0.39, 0.29) is 11.4 Å². The minimum Gasteiger partial charge on any atom is -0.368 e. The van der Waals surface area contributed by atoms with Gasteiger partial charge in [0.2, 0.25) is 0 Å². The van der Waals surface area contributed by atoms with E-state index in [0.29, 0.717) is 30.4 Å². The van der Waals surface area contributed by atoms with Gasteiger partial charge in [-0.05, 0) is 45.9 Å². The highest BCUT2D eigenvalue weighted by atomic mass is 35.5. The number of carbonyl (C=O) groups is 1. The van der Waals surface area contributed by atoms with Crippen molar-refractivity contribution in [1.29, 1.82) is 0 Å². The van der Waals surface area contributed by atoms with Crippen molar-refractivity contribution in [2.75, 3.05) is 36.4 Å². The smallest absolute Gasteiger partial charge is 0.272 e. The average Bonchev–Trinajstić information content (AvgIpc) is 2.59. The molecule has 1 aliphatic rings. The van der Waals surface area contributed by atoms with Crippen molar-refractivity contribution < 1.29 is 4.79 Å². The summed E-state index contributed by atoms with van der Waals surface area (Å²) in [4.78, 5) is 25.8. The molecular weight excluding hydrogens is 362 g/mol. The summed E-state index contributed by atoms with van der Waals surface area (Å²) in [5.41, 5.74) is 1.39. The molecule has 1 fully saturated rings. The zero-order valence-corrected chi connectivity index (χ0v) is 17.0. The Morgan fingerprint density at radius 2 is 1.81 bits per heavy atom. The van der Waals surface area contributed by atoms with Gasteiger partial charge in [-0.3, -0.25) is 4.79 Å². The van der Waals surface area contributed by atoms with Crippen LogP contribution in [0.2, 0.25) is 5.02 Å². The molecule has 1 amide bonds. The van der Waals surface area contributed by atoms with Crippen LogP contribution in [0.3, 0.4) is 0 Å². The third-order valence-electron chi connectivity index (χ3n) is 4.30. The Morgan fingerprint density at radius 1 is 1.11 bits per heavy atom. The number of rotatable bonds is 3. The molecule has 2 aromatic rings. The summed E-state index contributed by atoms with van der Waals surface area (Å²) in [5.74, 6) is 1.21. The summed E-state index contributed by atoms with van der Waals surface area (Å²) < 4.78 is 0. The molecule has 0 saturated carbocycles. The summed E-state index contributed by atoms with van der Waals surface area (Å²) in [6.45, 7) is 10.8. The van der Waals surface area contributed by atoms with Crippen molar-refractivity contribution >= 4 is 29.0 Å². The Hall–Kier alpha value is -2.34. The molecule has 0 unspecified atom stereocenters. The Morgan fingerprint density at radius 3 is 2.44 bits per heavy atom. The van der Waals surface area contributed by atoms with Crippen LogP contribution in [0.5, 0.6) is 0 Å². The number of hydrogen-bond acceptors (Lipinski definition) is 5. The van der Waals surface area contributed by atoms with Crippen LogP contribution in [0.25, 0.3) is 0 Å². The Labute approximate surface area is 165 Å². The molecule has 27 heavy (non-hydrogen) atoms. The fraction of sp³-hybridized carbons (Fsp3) is 0.450. The van der Waals surface area contributed by atoms with Crippen molar-refractivity contribution in [2.24, 2.45) is 0 Å². The van der Waals surface area contributed by atoms with Crippen LogP contribution >= 0.6 is 11.6 Å². The minimum absolute atomic E-state index is 0.0526. The monoisotopic (exact) mass is 387 g/mol. The number of anilines is 2. The van der Waals surface area contributed by atoms with Gasteiger partial charge < -0.3 is 15.1 Å². The Kier molecular flexibility index (Phi) is 5.56. The van der Waals surface area contributed by atoms with Crippen LogP contribution < -0.4 is 10.2 Å². The first-order chi connectivity index (χ1) is 12.7. The molecule has 6 nitrogen and oxygen atoms in total. The molecule has 1 aliphatic heterocycles. The second kappa shape index (κ2) is 7.72. The van der Waals surface area contributed by atoms with E-state index in [1.807, 2.05) is 36.1 Å². The predicted octanol–water partition coefficient (Wildman–Crippen LogP) is 3.61. The largest absolute Gasteiger partial charge is 0.368 e. The SMILES string of the molecule is Cc1nc(NC(C)(C)C)cc(C(=O)N2CCN(c3cccc(Cl)c3)CC2)n1. The van der Waals surface area contributed by atoms with Gasteiger partial charge in [0.1, 0.15) is 17.3 Å². The second-order valence-electron chi connectivity index (χ2n) is 7.82. The fourth-order valence-electron chi connectivity index (χ4n) is 3.13. The van der Waals surface area contributed by atoms with E-state index < -0.39 is 0 Å². The van der Waals surface area contributed by atoms with Gasteiger partial charge in [-0.1, -0.05) is 17.7 Å². The van der Waals surface area contributed by atoms with Crippen molar-refractivity contribution in [3.05, 3.63) is 46.9 Å². The lowest BCUT2D eigenvalue weighted by Crippen LogP contribution is -2.49. The van der Waals surface area contributed by atoms with Gasteiger partial charge in [0.15, 0.2) is 0 Å². The van der Waals surface area contributed by atoms with E-state index in [2.05, 4.69) is 41.0 Å². The van der Waals surface area contributed by atoms with E-state index in [9.17, 15) is 4.79 Å². The normalized spacial score (nSPS) is 15.0. The summed E-state index contributed by atoms with van der Waals surface area (Å²) in [7, 11) is 0. The highest BCUT2D eigenvalue weighted by molar-refractivity contribution is 6.30. The highest BCUT2D eigenvalue weighted by Crippen LogP contribution is 2.21. The van der Waals surface area contributed by atoms with Crippen LogP contribution in [-0.4, -0.2) is 52.5 Å². The van der Waals surface area contributed by atoms with Crippen LogP contribution in [0, 0.1) is 6.92 Å². The molecule has 7 heteroatoms. The summed E-state index contributed by atoms with van der Waals surface area (Å²) in [6.07, 6.45) is 0. The minimum atomic E-state index is -0.135. The maximum absolute atomic E-state index is 12.9. The molecule has 0 aliphatic carbocycles. The zero-order chi connectivity index (χ0) is 19.6. The van der Waals surface area contributed by atoms with Gasteiger partial charge in [0.25, 0.3) is 5.91 Å². The highest BCUT2D eigenvalue weighted by Gasteiger charge is 2.24. The third kappa shape index (κ3) is 5.10. The van der Waals surface area contributed by atoms with Crippen LogP contribution in [-0.2, 0) is 0 Å². The molecule has 1 saturated heterocycles. The number of nitrogens with zero attached hydrogens (tertiary/aromatic N) is 4. The first-order valence-electron chi connectivity index (χ1n) is 9.15. The van der Waals surface area contributed by atoms with Crippen LogP contribution in [0.1, 0.15) is 37.1 Å². The molecule has 1 aromatic heterocycles. The summed E-state index contributed by atoms with van der Waals surface area (Å²) in [5, 5.41) is 4.03. The second-order valence-corrected chi connectivity index (χ2v) is 8.26. The summed E-state index contributed by atoms with van der Waals surface area (Å²) in [6, 6.07) is 9.55. The lowest BCUT2D eigenvalue weighted by atomic mass is 10.1. The maximum Gasteiger partial charge on any atom is 0.272 e. The third-order valence-corrected chi connectivity index (χ3v) is 4.54. The molecule has 0 radical (unpaired) electrons. The number of piperazine rings is 1. The fourth-order valence-corrected chi connectivity index (χ4v) is 3.31.